The molecule has 0 radical (unpaired) electrons. The summed E-state index contributed by atoms with van der Waals surface area (Å²) in [4.78, 5) is 39.7. The molecule has 1 aromatic rings. The van der Waals surface area contributed by atoms with Gasteiger partial charge < -0.3 is 20.7 Å². The highest BCUT2D eigenvalue weighted by molar-refractivity contribution is 6.31. The van der Waals surface area contributed by atoms with E-state index in [1.807, 2.05) is 6.92 Å². The second-order valence-electron chi connectivity index (χ2n) is 8.08. The van der Waals surface area contributed by atoms with E-state index in [4.69, 9.17) is 22.1 Å². The Labute approximate surface area is 170 Å². The van der Waals surface area contributed by atoms with E-state index in [1.54, 1.807) is 31.7 Å². The summed E-state index contributed by atoms with van der Waals surface area (Å²) in [6.07, 6.45) is 0.829. The van der Waals surface area contributed by atoms with E-state index in [2.05, 4.69) is 5.32 Å². The lowest BCUT2D eigenvalue weighted by Gasteiger charge is -2.28. The Kier molecular flexibility index (Phi) is 6.93. The Hall–Kier alpha value is -2.28. The summed E-state index contributed by atoms with van der Waals surface area (Å²) in [6.45, 7) is 7.74. The van der Waals surface area contributed by atoms with Gasteiger partial charge in [-0.15, -0.1) is 0 Å². The van der Waals surface area contributed by atoms with Crippen LogP contribution in [0.3, 0.4) is 0 Å². The first-order chi connectivity index (χ1) is 13.0. The van der Waals surface area contributed by atoms with Crippen LogP contribution < -0.4 is 11.1 Å². The topological polar surface area (TPSA) is 102 Å². The smallest absolute Gasteiger partial charge is 0.408 e. The minimum atomic E-state index is -1.03. The van der Waals surface area contributed by atoms with Crippen molar-refractivity contribution in [2.24, 2.45) is 0 Å². The Bertz CT molecular complexity index is 760. The molecular weight excluding hydrogens is 382 g/mol. The highest BCUT2D eigenvalue weighted by atomic mass is 35.5. The molecule has 2 atom stereocenters. The number of anilines is 1. The zero-order valence-corrected chi connectivity index (χ0v) is 17.5. The maximum atomic E-state index is 13.0. The van der Waals surface area contributed by atoms with Gasteiger partial charge in [-0.2, -0.15) is 0 Å². The van der Waals surface area contributed by atoms with Crippen molar-refractivity contribution in [1.29, 1.82) is 0 Å². The van der Waals surface area contributed by atoms with Crippen molar-refractivity contribution in [3.05, 3.63) is 28.8 Å². The number of hydrogen-bond acceptors (Lipinski definition) is 5. The Morgan fingerprint density at radius 1 is 1.36 bits per heavy atom. The first-order valence-corrected chi connectivity index (χ1v) is 9.74. The summed E-state index contributed by atoms with van der Waals surface area (Å²) >= 11 is 5.88. The number of nitrogens with zero attached hydrogens (tertiary/aromatic N) is 1. The molecule has 0 saturated carbocycles. The van der Waals surface area contributed by atoms with Crippen LogP contribution in [0.5, 0.6) is 0 Å². The van der Waals surface area contributed by atoms with Crippen molar-refractivity contribution in [1.82, 2.24) is 10.2 Å². The van der Waals surface area contributed by atoms with Crippen molar-refractivity contribution >= 4 is 35.1 Å². The number of ether oxygens (including phenoxy) is 1. The van der Waals surface area contributed by atoms with Crippen molar-refractivity contribution in [2.45, 2.75) is 64.6 Å². The molecule has 1 saturated heterocycles. The number of carbonyl (C=O) groups is 3. The second kappa shape index (κ2) is 8.82. The normalized spacial score (nSPS) is 17.9. The number of Topliss-reactive ketones (excluding diaryl/α,β-unsaturated/α-hetero) is 1. The number of benzene rings is 1. The van der Waals surface area contributed by atoms with Crippen LogP contribution >= 0.6 is 11.6 Å². The van der Waals surface area contributed by atoms with Crippen LogP contribution in [0.2, 0.25) is 5.02 Å². The minimum Gasteiger partial charge on any atom is -0.444 e. The van der Waals surface area contributed by atoms with E-state index in [9.17, 15) is 14.4 Å². The van der Waals surface area contributed by atoms with Gasteiger partial charge in [0.2, 0.25) is 5.91 Å². The Morgan fingerprint density at radius 2 is 2.04 bits per heavy atom. The number of nitrogens with two attached hydrogens (primary N) is 1. The quantitative estimate of drug-likeness (QED) is 0.573. The van der Waals surface area contributed by atoms with Crippen molar-refractivity contribution in [3.63, 3.8) is 0 Å². The molecule has 2 rings (SSSR count). The number of amides is 2. The average molecular weight is 410 g/mol. The zero-order chi connectivity index (χ0) is 21.1. The van der Waals surface area contributed by atoms with Gasteiger partial charge in [0.25, 0.3) is 0 Å². The first-order valence-electron chi connectivity index (χ1n) is 9.36. The number of halogens is 1. The minimum absolute atomic E-state index is 0.0612. The van der Waals surface area contributed by atoms with Crippen LogP contribution in [-0.2, 0) is 9.53 Å². The molecule has 0 bridgehead atoms. The second-order valence-corrected chi connectivity index (χ2v) is 8.52. The third-order valence-corrected chi connectivity index (χ3v) is 4.76. The molecule has 1 aliphatic heterocycles. The molecule has 7 nitrogen and oxygen atoms in total. The van der Waals surface area contributed by atoms with Crippen LogP contribution in [-0.4, -0.2) is 46.9 Å². The van der Waals surface area contributed by atoms with E-state index in [1.165, 1.54) is 12.1 Å². The number of nitrogen functional groups attached to an aromatic ring is 1. The fraction of sp³-hybridized carbons (Fsp3) is 0.550. The van der Waals surface area contributed by atoms with Gasteiger partial charge in [-0.25, -0.2) is 4.79 Å². The molecule has 1 aliphatic rings. The maximum Gasteiger partial charge on any atom is 0.408 e. The number of carbonyl (C=O) groups excluding carboxylic acids is 3. The van der Waals surface area contributed by atoms with Gasteiger partial charge in [-0.1, -0.05) is 11.6 Å². The molecular formula is C20H28ClN3O4. The monoisotopic (exact) mass is 409 g/mol. The van der Waals surface area contributed by atoms with Gasteiger partial charge >= 0.3 is 6.09 Å². The molecule has 0 aromatic heterocycles. The van der Waals surface area contributed by atoms with Crippen LogP contribution in [0.25, 0.3) is 0 Å². The van der Waals surface area contributed by atoms with Gasteiger partial charge in [-0.05, 0) is 58.7 Å². The van der Waals surface area contributed by atoms with Crippen molar-refractivity contribution in [3.8, 4) is 0 Å². The summed E-state index contributed by atoms with van der Waals surface area (Å²) in [5.41, 5.74) is 5.67. The zero-order valence-electron chi connectivity index (χ0n) is 16.8. The molecule has 0 spiro atoms. The SMILES string of the molecule is C[C@@H]1CCCN1C(=O)C(CC(=O)c1ccc(Cl)cc1N)NC(=O)OC(C)(C)C. The maximum absolute atomic E-state index is 13.0. The molecule has 1 aromatic carbocycles. The molecule has 2 amide bonds. The standard InChI is InChI=1S/C20H28ClN3O4/c1-12-6-5-9-24(12)18(26)16(23-19(27)28-20(2,3)4)11-17(25)14-8-7-13(21)10-15(14)22/h7-8,10,12,16H,5-6,9,11,22H2,1-4H3,(H,23,27)/t12-,16?/m1/s1. The van der Waals surface area contributed by atoms with Gasteiger partial charge in [0.05, 0.1) is 0 Å². The number of hydrogen-bond donors (Lipinski definition) is 2. The van der Waals surface area contributed by atoms with Gasteiger partial charge in [0.1, 0.15) is 11.6 Å². The first kappa shape index (κ1) is 22.0. The van der Waals surface area contributed by atoms with Gasteiger partial charge in [-0.3, -0.25) is 9.59 Å². The van der Waals surface area contributed by atoms with E-state index < -0.39 is 17.7 Å². The third kappa shape index (κ3) is 5.86. The van der Waals surface area contributed by atoms with Crippen molar-refractivity contribution < 1.29 is 19.1 Å². The lowest BCUT2D eigenvalue weighted by atomic mass is 10.0. The largest absolute Gasteiger partial charge is 0.444 e. The molecule has 154 valence electrons. The van der Waals surface area contributed by atoms with Crippen molar-refractivity contribution in [2.75, 3.05) is 12.3 Å². The highest BCUT2D eigenvalue weighted by Crippen LogP contribution is 2.22. The van der Waals surface area contributed by atoms with E-state index in [-0.39, 0.29) is 35.4 Å². The van der Waals surface area contributed by atoms with Crippen LogP contribution in [0.4, 0.5) is 10.5 Å². The lowest BCUT2D eigenvalue weighted by molar-refractivity contribution is -0.134. The fourth-order valence-corrected chi connectivity index (χ4v) is 3.37. The average Bonchev–Trinajstić information content (AvgIpc) is 2.97. The number of rotatable bonds is 5. The third-order valence-electron chi connectivity index (χ3n) is 4.53. The molecule has 1 unspecified atom stereocenters. The lowest BCUT2D eigenvalue weighted by Crippen LogP contribution is -2.51. The summed E-state index contributed by atoms with van der Waals surface area (Å²) in [6, 6.07) is 3.60. The van der Waals surface area contributed by atoms with E-state index in [0.29, 0.717) is 11.6 Å². The molecule has 28 heavy (non-hydrogen) atoms. The van der Waals surface area contributed by atoms with Crippen LogP contribution in [0.15, 0.2) is 18.2 Å². The Morgan fingerprint density at radius 3 is 2.57 bits per heavy atom. The van der Waals surface area contributed by atoms with E-state index >= 15 is 0 Å². The number of alkyl carbamates (subject to hydrolysis) is 1. The number of ketones is 1. The van der Waals surface area contributed by atoms with Crippen LogP contribution in [0.1, 0.15) is 57.3 Å². The summed E-state index contributed by atoms with van der Waals surface area (Å²) in [5.74, 6) is -0.646. The molecule has 0 aliphatic carbocycles. The summed E-state index contributed by atoms with van der Waals surface area (Å²) in [5, 5.41) is 2.98. The summed E-state index contributed by atoms with van der Waals surface area (Å²) < 4.78 is 5.26. The molecule has 3 N–H and O–H groups in total. The molecule has 1 fully saturated rings. The number of likely N-dealkylation sites (tertiary alicyclic amines) is 1. The molecule has 1 heterocycles. The summed E-state index contributed by atoms with van der Waals surface area (Å²) in [7, 11) is 0. The van der Waals surface area contributed by atoms with E-state index in [0.717, 1.165) is 12.8 Å². The fourth-order valence-electron chi connectivity index (χ4n) is 3.19. The Balaban J connectivity index is 2.20. The molecule has 8 heteroatoms. The van der Waals surface area contributed by atoms with Gasteiger partial charge in [0.15, 0.2) is 5.78 Å². The van der Waals surface area contributed by atoms with Crippen LogP contribution in [0, 0.1) is 0 Å². The highest BCUT2D eigenvalue weighted by Gasteiger charge is 2.34. The predicted molar refractivity (Wildman–Crippen MR) is 108 cm³/mol. The predicted octanol–water partition coefficient (Wildman–Crippen LogP) is 3.40. The van der Waals surface area contributed by atoms with Gasteiger partial charge in [0, 0.05) is 35.3 Å². The number of nitrogens with one attached hydrogen (secondary N) is 1.